The maximum Gasteiger partial charge on any atom is 0.232 e. The molecule has 0 unspecified atom stereocenters. The number of benzene rings is 1. The lowest BCUT2D eigenvalue weighted by Crippen LogP contribution is -2.34. The Hall–Kier alpha value is -1.87. The van der Waals surface area contributed by atoms with Gasteiger partial charge in [0.25, 0.3) is 0 Å². The minimum absolute atomic E-state index is 0.0118. The van der Waals surface area contributed by atoms with Crippen molar-refractivity contribution in [3.8, 4) is 0 Å². The van der Waals surface area contributed by atoms with Crippen molar-refractivity contribution < 1.29 is 13.2 Å². The van der Waals surface area contributed by atoms with Crippen LogP contribution in [0.15, 0.2) is 29.7 Å². The summed E-state index contributed by atoms with van der Waals surface area (Å²) < 4.78 is 26.9. The number of carbonyl (C=O) groups is 1. The van der Waals surface area contributed by atoms with Crippen LogP contribution in [-0.4, -0.2) is 47.5 Å². The van der Waals surface area contributed by atoms with Crippen LogP contribution in [0.4, 0.5) is 5.69 Å². The largest absolute Gasteiger partial charge is 0.312 e. The normalized spacial score (nSPS) is 14.5. The summed E-state index contributed by atoms with van der Waals surface area (Å²) in [5.74, 6) is 0.253. The fourth-order valence-electron chi connectivity index (χ4n) is 2.70. The second-order valence-corrected chi connectivity index (χ2v) is 8.57. The van der Waals surface area contributed by atoms with Gasteiger partial charge in [0.05, 0.1) is 17.7 Å². The third-order valence-electron chi connectivity index (χ3n) is 3.88. The highest BCUT2D eigenvalue weighted by atomic mass is 32.2. The number of anilines is 1. The zero-order chi connectivity index (χ0) is 17.3. The van der Waals surface area contributed by atoms with E-state index in [9.17, 15) is 13.2 Å². The summed E-state index contributed by atoms with van der Waals surface area (Å²) in [6.45, 7) is 0.487. The molecule has 3 rings (SSSR count). The molecule has 1 aromatic carbocycles. The van der Waals surface area contributed by atoms with Gasteiger partial charge in [-0.25, -0.2) is 8.42 Å². The molecular formula is C15H18N4O3S2. The number of Topliss-reactive ketones (excluding diaryl/α,β-unsaturated/α-hetero) is 1. The van der Waals surface area contributed by atoms with E-state index in [1.807, 2.05) is 13.1 Å². The molecule has 0 atom stereocenters. The molecule has 2 aromatic rings. The number of thioether (sulfide) groups is 1. The number of aryl methyl sites for hydroxylation is 2. The van der Waals surface area contributed by atoms with Crippen LogP contribution >= 0.6 is 11.8 Å². The van der Waals surface area contributed by atoms with E-state index < -0.39 is 10.0 Å². The number of aromatic nitrogens is 3. The van der Waals surface area contributed by atoms with Crippen LogP contribution in [0.3, 0.4) is 0 Å². The van der Waals surface area contributed by atoms with E-state index in [1.165, 1.54) is 22.3 Å². The van der Waals surface area contributed by atoms with Crippen molar-refractivity contribution in [3.05, 3.63) is 35.7 Å². The molecule has 0 amide bonds. The summed E-state index contributed by atoms with van der Waals surface area (Å²) in [5, 5.41) is 8.40. The molecule has 9 heteroatoms. The van der Waals surface area contributed by atoms with Gasteiger partial charge in [-0.2, -0.15) is 0 Å². The van der Waals surface area contributed by atoms with Gasteiger partial charge in [-0.3, -0.25) is 9.10 Å². The third kappa shape index (κ3) is 3.46. The van der Waals surface area contributed by atoms with Gasteiger partial charge >= 0.3 is 0 Å². The third-order valence-corrected chi connectivity index (χ3v) is 6.09. The topological polar surface area (TPSA) is 85.2 Å². The zero-order valence-corrected chi connectivity index (χ0v) is 15.1. The first-order valence-electron chi connectivity index (χ1n) is 7.47. The van der Waals surface area contributed by atoms with Crippen LogP contribution in [-0.2, 0) is 23.5 Å². The number of hydrogen-bond donors (Lipinski definition) is 0. The molecule has 0 fully saturated rings. The van der Waals surface area contributed by atoms with Gasteiger partial charge in [-0.05, 0) is 36.6 Å². The van der Waals surface area contributed by atoms with E-state index in [1.54, 1.807) is 23.0 Å². The van der Waals surface area contributed by atoms with E-state index in [0.29, 0.717) is 23.0 Å². The van der Waals surface area contributed by atoms with E-state index in [2.05, 4.69) is 10.2 Å². The minimum atomic E-state index is -3.29. The van der Waals surface area contributed by atoms with Crippen molar-refractivity contribution in [3.63, 3.8) is 0 Å². The number of carbonyl (C=O) groups excluding carboxylic acids is 1. The quantitative estimate of drug-likeness (QED) is 0.589. The second-order valence-electron chi connectivity index (χ2n) is 5.72. The number of nitrogens with zero attached hydrogens (tertiary/aromatic N) is 4. The van der Waals surface area contributed by atoms with Crippen LogP contribution < -0.4 is 4.31 Å². The molecule has 2 heterocycles. The van der Waals surface area contributed by atoms with Crippen molar-refractivity contribution in [2.75, 3.05) is 22.9 Å². The molecule has 7 nitrogen and oxygen atoms in total. The van der Waals surface area contributed by atoms with Crippen molar-refractivity contribution in [2.24, 2.45) is 7.05 Å². The molecule has 0 saturated carbocycles. The van der Waals surface area contributed by atoms with Crippen molar-refractivity contribution in [1.29, 1.82) is 0 Å². The first-order valence-corrected chi connectivity index (χ1v) is 10.3. The Morgan fingerprint density at radius 3 is 2.83 bits per heavy atom. The second kappa shape index (κ2) is 6.56. The smallest absolute Gasteiger partial charge is 0.232 e. The highest BCUT2D eigenvalue weighted by Crippen LogP contribution is 2.30. The Kier molecular flexibility index (Phi) is 4.64. The van der Waals surface area contributed by atoms with Crippen molar-refractivity contribution >= 4 is 33.3 Å². The Balaban J connectivity index is 1.78. The maximum absolute atomic E-state index is 12.4. The lowest BCUT2D eigenvalue weighted by molar-refractivity contribution is 0.102. The molecule has 128 valence electrons. The summed E-state index contributed by atoms with van der Waals surface area (Å²) in [7, 11) is -1.47. The number of hydrogen-bond acceptors (Lipinski definition) is 6. The van der Waals surface area contributed by atoms with E-state index in [4.69, 9.17) is 0 Å². The Labute approximate surface area is 145 Å². The van der Waals surface area contributed by atoms with Crippen LogP contribution in [0.5, 0.6) is 0 Å². The molecule has 0 N–H and O–H groups in total. The SMILES string of the molecule is Cn1cnnc1SCC(=O)c1ccc2c(c1)CCCN2S(C)(=O)=O. The molecule has 1 aromatic heterocycles. The summed E-state index contributed by atoms with van der Waals surface area (Å²) in [4.78, 5) is 12.4. The van der Waals surface area contributed by atoms with Gasteiger partial charge < -0.3 is 4.57 Å². The van der Waals surface area contributed by atoms with Crippen LogP contribution in [0.25, 0.3) is 0 Å². The molecule has 0 saturated heterocycles. The van der Waals surface area contributed by atoms with Crippen LogP contribution in [0.2, 0.25) is 0 Å². The number of rotatable bonds is 5. The minimum Gasteiger partial charge on any atom is -0.312 e. The summed E-state index contributed by atoms with van der Waals surface area (Å²) in [5.41, 5.74) is 2.18. The maximum atomic E-state index is 12.4. The van der Waals surface area contributed by atoms with Gasteiger partial charge in [0.15, 0.2) is 10.9 Å². The molecule has 0 spiro atoms. The number of fused-ring (bicyclic) bond motifs is 1. The van der Waals surface area contributed by atoms with Gasteiger partial charge in [0.1, 0.15) is 6.33 Å². The molecule has 0 aliphatic carbocycles. The van der Waals surface area contributed by atoms with E-state index in [-0.39, 0.29) is 11.5 Å². The summed E-state index contributed by atoms with van der Waals surface area (Å²) in [6.07, 6.45) is 4.33. The Morgan fingerprint density at radius 1 is 1.38 bits per heavy atom. The number of ketones is 1. The van der Waals surface area contributed by atoms with Gasteiger partial charge in [-0.15, -0.1) is 10.2 Å². The van der Waals surface area contributed by atoms with Gasteiger partial charge in [0, 0.05) is 19.2 Å². The molecular weight excluding hydrogens is 348 g/mol. The molecule has 0 radical (unpaired) electrons. The molecule has 24 heavy (non-hydrogen) atoms. The lowest BCUT2D eigenvalue weighted by atomic mass is 9.99. The average Bonchev–Trinajstić information content (AvgIpc) is 2.95. The van der Waals surface area contributed by atoms with Gasteiger partial charge in [0.2, 0.25) is 10.0 Å². The van der Waals surface area contributed by atoms with Crippen LogP contribution in [0, 0.1) is 0 Å². The monoisotopic (exact) mass is 366 g/mol. The Morgan fingerprint density at radius 2 is 2.17 bits per heavy atom. The van der Waals surface area contributed by atoms with Gasteiger partial charge in [-0.1, -0.05) is 11.8 Å². The molecule has 0 bridgehead atoms. The summed E-state index contributed by atoms with van der Waals surface area (Å²) in [6, 6.07) is 5.24. The number of sulfonamides is 1. The lowest BCUT2D eigenvalue weighted by Gasteiger charge is -2.29. The van der Waals surface area contributed by atoms with Crippen molar-refractivity contribution in [2.45, 2.75) is 18.0 Å². The molecule has 1 aliphatic heterocycles. The first-order chi connectivity index (χ1) is 11.4. The highest BCUT2D eigenvalue weighted by Gasteiger charge is 2.24. The standard InChI is InChI=1S/C15H18N4O3S2/c1-18-10-16-17-15(18)23-9-14(20)12-5-6-13-11(8-12)4-3-7-19(13)24(2,21)22/h5-6,8,10H,3-4,7,9H2,1-2H3. The zero-order valence-electron chi connectivity index (χ0n) is 13.5. The first kappa shape index (κ1) is 17.0. The van der Waals surface area contributed by atoms with E-state index >= 15 is 0 Å². The average molecular weight is 366 g/mol. The van der Waals surface area contributed by atoms with E-state index in [0.717, 1.165) is 18.4 Å². The molecule has 1 aliphatic rings. The van der Waals surface area contributed by atoms with Crippen molar-refractivity contribution in [1.82, 2.24) is 14.8 Å². The Bertz CT molecular complexity index is 877. The summed E-state index contributed by atoms with van der Waals surface area (Å²) >= 11 is 1.33. The highest BCUT2D eigenvalue weighted by molar-refractivity contribution is 7.99. The fourth-order valence-corrected chi connectivity index (χ4v) is 4.48. The predicted molar refractivity (Wildman–Crippen MR) is 93.0 cm³/mol. The predicted octanol–water partition coefficient (Wildman–Crippen LogP) is 1.50. The van der Waals surface area contributed by atoms with Crippen LogP contribution in [0.1, 0.15) is 22.3 Å². The fraction of sp³-hybridized carbons (Fsp3) is 0.400.